The number of hydrogen-bond acceptors (Lipinski definition) is 5. The van der Waals surface area contributed by atoms with Crippen LogP contribution in [-0.2, 0) is 6.54 Å². The molecule has 3 rings (SSSR count). The summed E-state index contributed by atoms with van der Waals surface area (Å²) in [5.74, 6) is 0.979. The molecule has 0 aliphatic carbocycles. The Labute approximate surface area is 142 Å². The molecule has 0 spiro atoms. The molecule has 0 radical (unpaired) electrons. The summed E-state index contributed by atoms with van der Waals surface area (Å²) in [6.45, 7) is -2.46. The molecule has 3 aromatic rings. The second-order valence-corrected chi connectivity index (χ2v) is 5.22. The van der Waals surface area contributed by atoms with Crippen molar-refractivity contribution in [3.05, 3.63) is 54.4 Å². The molecule has 2 heterocycles. The Kier molecular flexibility index (Phi) is 4.78. The van der Waals surface area contributed by atoms with Crippen molar-refractivity contribution >= 4 is 5.82 Å². The van der Waals surface area contributed by atoms with Gasteiger partial charge in [0, 0.05) is 11.8 Å². The van der Waals surface area contributed by atoms with Crippen molar-refractivity contribution in [3.8, 4) is 22.8 Å². The molecule has 130 valence electrons. The fourth-order valence-corrected chi connectivity index (χ4v) is 2.44. The second kappa shape index (κ2) is 7.16. The van der Waals surface area contributed by atoms with Gasteiger partial charge >= 0.3 is 6.61 Å². The largest absolute Gasteiger partial charge is 0.481 e. The Balaban J connectivity index is 1.96. The predicted molar refractivity (Wildman–Crippen MR) is 88.6 cm³/mol. The van der Waals surface area contributed by atoms with Crippen molar-refractivity contribution in [2.75, 3.05) is 12.8 Å². The quantitative estimate of drug-likeness (QED) is 0.742. The van der Waals surface area contributed by atoms with E-state index < -0.39 is 6.61 Å². The van der Waals surface area contributed by atoms with Gasteiger partial charge in [-0.25, -0.2) is 9.67 Å². The lowest BCUT2D eigenvalue weighted by atomic mass is 10.0. The first-order valence-electron chi connectivity index (χ1n) is 7.42. The van der Waals surface area contributed by atoms with E-state index in [1.54, 1.807) is 35.3 Å². The van der Waals surface area contributed by atoms with Crippen LogP contribution in [0.5, 0.6) is 11.6 Å². The highest BCUT2D eigenvalue weighted by molar-refractivity contribution is 5.70. The molecular formula is C17H16F2N4O2. The molecule has 2 N–H and O–H groups in total. The van der Waals surface area contributed by atoms with Crippen molar-refractivity contribution in [2.24, 2.45) is 0 Å². The normalized spacial score (nSPS) is 10.9. The second-order valence-electron chi connectivity index (χ2n) is 5.22. The molecule has 0 bridgehead atoms. The first-order valence-corrected chi connectivity index (χ1v) is 7.42. The number of alkyl halides is 2. The number of hydrogen-bond donors (Lipinski definition) is 1. The van der Waals surface area contributed by atoms with Crippen molar-refractivity contribution in [2.45, 2.75) is 13.2 Å². The topological polar surface area (TPSA) is 75.2 Å². The van der Waals surface area contributed by atoms with E-state index in [2.05, 4.69) is 14.8 Å². The summed E-state index contributed by atoms with van der Waals surface area (Å²) >= 11 is 0. The van der Waals surface area contributed by atoms with E-state index in [0.717, 1.165) is 5.56 Å². The van der Waals surface area contributed by atoms with Gasteiger partial charge in [-0.05, 0) is 35.4 Å². The van der Waals surface area contributed by atoms with Gasteiger partial charge < -0.3 is 15.2 Å². The van der Waals surface area contributed by atoms with E-state index in [-0.39, 0.29) is 5.75 Å². The van der Waals surface area contributed by atoms with E-state index in [1.165, 1.54) is 19.2 Å². The van der Waals surface area contributed by atoms with Crippen molar-refractivity contribution in [3.63, 3.8) is 0 Å². The third kappa shape index (κ3) is 3.85. The van der Waals surface area contributed by atoms with Gasteiger partial charge in [-0.1, -0.05) is 12.1 Å². The molecule has 0 aliphatic heterocycles. The monoisotopic (exact) mass is 346 g/mol. The average molecular weight is 346 g/mol. The Morgan fingerprint density at radius 3 is 2.76 bits per heavy atom. The average Bonchev–Trinajstić information content (AvgIpc) is 2.99. The number of nitrogens with zero attached hydrogens (tertiary/aromatic N) is 3. The minimum Gasteiger partial charge on any atom is -0.481 e. The molecule has 2 aromatic heterocycles. The summed E-state index contributed by atoms with van der Waals surface area (Å²) in [5.41, 5.74) is 7.98. The van der Waals surface area contributed by atoms with Crippen LogP contribution in [0.3, 0.4) is 0 Å². The number of aromatic nitrogens is 3. The molecule has 6 nitrogen and oxygen atoms in total. The molecule has 0 aliphatic rings. The van der Waals surface area contributed by atoms with Crippen molar-refractivity contribution < 1.29 is 18.3 Å². The molecule has 25 heavy (non-hydrogen) atoms. The molecule has 0 saturated heterocycles. The Morgan fingerprint density at radius 2 is 2.08 bits per heavy atom. The minimum absolute atomic E-state index is 0.0660. The standard InChI is InChI=1S/C17H16F2N4O2/c1-24-16-14(12-3-2-4-13(8-12)25-17(18)19)7-11(9-21-16)10-23-15(20)5-6-22-23/h2-9,17H,10,20H2,1H3. The number of nitrogens with two attached hydrogens (primary N) is 1. The van der Waals surface area contributed by atoms with Crippen LogP contribution in [-0.4, -0.2) is 28.5 Å². The Morgan fingerprint density at radius 1 is 1.24 bits per heavy atom. The van der Waals surface area contributed by atoms with Gasteiger partial charge in [0.15, 0.2) is 0 Å². The summed E-state index contributed by atoms with van der Waals surface area (Å²) in [4.78, 5) is 4.28. The van der Waals surface area contributed by atoms with Crippen LogP contribution in [0, 0.1) is 0 Å². The first kappa shape index (κ1) is 16.7. The number of methoxy groups -OCH3 is 1. The smallest absolute Gasteiger partial charge is 0.387 e. The van der Waals surface area contributed by atoms with E-state index >= 15 is 0 Å². The number of benzene rings is 1. The lowest BCUT2D eigenvalue weighted by molar-refractivity contribution is -0.0498. The van der Waals surface area contributed by atoms with E-state index in [0.29, 0.717) is 29.4 Å². The minimum atomic E-state index is -2.88. The number of rotatable bonds is 6. The van der Waals surface area contributed by atoms with Gasteiger partial charge in [-0.2, -0.15) is 13.9 Å². The highest BCUT2D eigenvalue weighted by atomic mass is 19.3. The number of pyridine rings is 1. The summed E-state index contributed by atoms with van der Waals surface area (Å²) in [6, 6.07) is 9.92. The van der Waals surface area contributed by atoms with Crippen LogP contribution in [0.2, 0.25) is 0 Å². The fourth-order valence-electron chi connectivity index (χ4n) is 2.44. The number of ether oxygens (including phenoxy) is 2. The van der Waals surface area contributed by atoms with Crippen LogP contribution in [0.25, 0.3) is 11.1 Å². The van der Waals surface area contributed by atoms with Crippen LogP contribution < -0.4 is 15.2 Å². The van der Waals surface area contributed by atoms with Gasteiger partial charge in [0.2, 0.25) is 5.88 Å². The Hall–Kier alpha value is -3.16. The molecule has 8 heteroatoms. The number of halogens is 2. The van der Waals surface area contributed by atoms with Crippen LogP contribution in [0.15, 0.2) is 48.8 Å². The van der Waals surface area contributed by atoms with Crippen LogP contribution in [0.4, 0.5) is 14.6 Å². The zero-order valence-electron chi connectivity index (χ0n) is 13.4. The lowest BCUT2D eigenvalue weighted by Gasteiger charge is -2.12. The first-order chi connectivity index (χ1) is 12.1. The molecule has 0 unspecified atom stereocenters. The highest BCUT2D eigenvalue weighted by Crippen LogP contribution is 2.31. The van der Waals surface area contributed by atoms with Gasteiger partial charge in [-0.15, -0.1) is 0 Å². The van der Waals surface area contributed by atoms with Crippen LogP contribution in [0.1, 0.15) is 5.56 Å². The van der Waals surface area contributed by atoms with Crippen molar-refractivity contribution in [1.82, 2.24) is 14.8 Å². The number of nitrogen functional groups attached to an aromatic ring is 1. The molecule has 0 fully saturated rings. The highest BCUT2D eigenvalue weighted by Gasteiger charge is 2.12. The molecular weight excluding hydrogens is 330 g/mol. The summed E-state index contributed by atoms with van der Waals surface area (Å²) in [5, 5.41) is 4.13. The third-order valence-corrected chi connectivity index (χ3v) is 3.55. The maximum absolute atomic E-state index is 12.4. The number of anilines is 1. The predicted octanol–water partition coefficient (Wildman–Crippen LogP) is 3.19. The molecule has 0 amide bonds. The van der Waals surface area contributed by atoms with E-state index in [9.17, 15) is 8.78 Å². The Bertz CT molecular complexity index is 867. The summed E-state index contributed by atoms with van der Waals surface area (Å²) < 4.78 is 36.2. The van der Waals surface area contributed by atoms with Crippen LogP contribution >= 0.6 is 0 Å². The van der Waals surface area contributed by atoms with Gasteiger partial charge in [0.25, 0.3) is 0 Å². The van der Waals surface area contributed by atoms with E-state index in [1.807, 2.05) is 6.07 Å². The maximum atomic E-state index is 12.4. The van der Waals surface area contributed by atoms with E-state index in [4.69, 9.17) is 10.5 Å². The molecule has 0 atom stereocenters. The zero-order valence-corrected chi connectivity index (χ0v) is 13.4. The summed E-state index contributed by atoms with van der Waals surface area (Å²) in [6.07, 6.45) is 3.27. The SMILES string of the molecule is COc1ncc(Cn2nccc2N)cc1-c1cccc(OC(F)F)c1. The lowest BCUT2D eigenvalue weighted by Crippen LogP contribution is -2.06. The summed E-state index contributed by atoms with van der Waals surface area (Å²) in [7, 11) is 1.50. The van der Waals surface area contributed by atoms with Gasteiger partial charge in [0.05, 0.1) is 19.9 Å². The molecule has 1 aromatic carbocycles. The third-order valence-electron chi connectivity index (χ3n) is 3.55. The van der Waals surface area contributed by atoms with Crippen molar-refractivity contribution in [1.29, 1.82) is 0 Å². The van der Waals surface area contributed by atoms with Gasteiger partial charge in [-0.3, -0.25) is 0 Å². The van der Waals surface area contributed by atoms with Gasteiger partial charge in [0.1, 0.15) is 11.6 Å². The maximum Gasteiger partial charge on any atom is 0.387 e. The zero-order chi connectivity index (χ0) is 17.8. The molecule has 0 saturated carbocycles. The fraction of sp³-hybridized carbons (Fsp3) is 0.176.